The van der Waals surface area contributed by atoms with Gasteiger partial charge in [0.25, 0.3) is 5.69 Å². The van der Waals surface area contributed by atoms with Gasteiger partial charge in [-0.15, -0.1) is 0 Å². The molecule has 1 saturated heterocycles. The Hall–Kier alpha value is -3.80. The minimum atomic E-state index is -0.492. The summed E-state index contributed by atoms with van der Waals surface area (Å²) in [7, 11) is 0. The van der Waals surface area contributed by atoms with Crippen LogP contribution in [0.5, 0.6) is 0 Å². The first kappa shape index (κ1) is 20.1. The summed E-state index contributed by atoms with van der Waals surface area (Å²) in [6.45, 7) is 0. The third kappa shape index (κ3) is 3.28. The fourth-order valence-electron chi connectivity index (χ4n) is 5.40. The molecule has 5 rings (SSSR count). The van der Waals surface area contributed by atoms with Gasteiger partial charge in [-0.2, -0.15) is 0 Å². The lowest BCUT2D eigenvalue weighted by Gasteiger charge is -2.37. The van der Waals surface area contributed by atoms with Gasteiger partial charge in [-0.1, -0.05) is 60.7 Å². The van der Waals surface area contributed by atoms with E-state index >= 15 is 0 Å². The molecule has 2 aliphatic rings. The quantitative estimate of drug-likeness (QED) is 0.332. The summed E-state index contributed by atoms with van der Waals surface area (Å²) >= 11 is 0. The standard InChI is InChI=1S/C26H22N2O4/c29-25-23-21(17-7-3-1-4-8-17)15-16-22(18-9-5-2-6-10-18)24(23)26(30)27(25)19-11-13-20(14-12-19)28(31)32/h1-14,21-24H,15-16H2/t21-,22-,23+,24+/m1/s1. The first-order chi connectivity index (χ1) is 15.6. The molecule has 0 radical (unpaired) electrons. The number of hydrogen-bond donors (Lipinski definition) is 0. The van der Waals surface area contributed by atoms with Crippen molar-refractivity contribution >= 4 is 23.2 Å². The van der Waals surface area contributed by atoms with Crippen LogP contribution in [0.4, 0.5) is 11.4 Å². The van der Waals surface area contributed by atoms with E-state index in [1.54, 1.807) is 0 Å². The average molecular weight is 426 g/mol. The summed E-state index contributed by atoms with van der Waals surface area (Å²) in [4.78, 5) is 39.2. The lowest BCUT2D eigenvalue weighted by atomic mass is 9.64. The normalized spacial score (nSPS) is 24.9. The van der Waals surface area contributed by atoms with Crippen LogP contribution < -0.4 is 4.90 Å². The van der Waals surface area contributed by atoms with Gasteiger partial charge in [-0.25, -0.2) is 0 Å². The number of carbonyl (C=O) groups excluding carboxylic acids is 2. The number of nitrogens with zero attached hydrogens (tertiary/aromatic N) is 2. The fourth-order valence-corrected chi connectivity index (χ4v) is 5.40. The van der Waals surface area contributed by atoms with Crippen LogP contribution in [-0.4, -0.2) is 16.7 Å². The van der Waals surface area contributed by atoms with E-state index in [-0.39, 0.29) is 29.3 Å². The van der Waals surface area contributed by atoms with Crippen molar-refractivity contribution in [2.45, 2.75) is 24.7 Å². The lowest BCUT2D eigenvalue weighted by molar-refractivity contribution is -0.384. The summed E-state index contributed by atoms with van der Waals surface area (Å²) in [5, 5.41) is 11.0. The Balaban J connectivity index is 1.57. The Morgan fingerprint density at radius 3 is 1.53 bits per heavy atom. The van der Waals surface area contributed by atoms with Crippen molar-refractivity contribution in [1.29, 1.82) is 0 Å². The number of carbonyl (C=O) groups is 2. The maximum Gasteiger partial charge on any atom is 0.269 e. The first-order valence-electron chi connectivity index (χ1n) is 10.8. The predicted molar refractivity (Wildman–Crippen MR) is 120 cm³/mol. The molecule has 160 valence electrons. The number of fused-ring (bicyclic) bond motifs is 1. The number of benzene rings is 3. The van der Waals surface area contributed by atoms with Gasteiger partial charge < -0.3 is 0 Å². The molecular weight excluding hydrogens is 404 g/mol. The Bertz CT molecular complexity index is 1100. The summed E-state index contributed by atoms with van der Waals surface area (Å²) in [5.74, 6) is -1.44. The Kier molecular flexibility index (Phi) is 5.05. The van der Waals surface area contributed by atoms with Gasteiger partial charge in [0.2, 0.25) is 11.8 Å². The molecule has 0 N–H and O–H groups in total. The molecule has 0 bridgehead atoms. The molecule has 0 spiro atoms. The minimum absolute atomic E-state index is 0.0411. The molecule has 32 heavy (non-hydrogen) atoms. The Labute approximate surface area is 185 Å². The van der Waals surface area contributed by atoms with Gasteiger partial charge in [-0.3, -0.25) is 24.6 Å². The van der Waals surface area contributed by atoms with E-state index in [0.29, 0.717) is 5.69 Å². The number of imide groups is 1. The number of non-ortho nitro benzene ring substituents is 1. The van der Waals surface area contributed by atoms with Gasteiger partial charge in [0.15, 0.2) is 0 Å². The average Bonchev–Trinajstić information content (AvgIpc) is 3.10. The molecule has 0 aromatic heterocycles. The molecule has 1 saturated carbocycles. The molecule has 0 unspecified atom stereocenters. The lowest BCUT2D eigenvalue weighted by Crippen LogP contribution is -2.34. The van der Waals surface area contributed by atoms with Crippen LogP contribution >= 0.6 is 0 Å². The van der Waals surface area contributed by atoms with Crippen molar-refractivity contribution in [3.8, 4) is 0 Å². The van der Waals surface area contributed by atoms with E-state index in [0.717, 1.165) is 24.0 Å². The van der Waals surface area contributed by atoms with E-state index in [1.807, 2.05) is 60.7 Å². The van der Waals surface area contributed by atoms with Crippen molar-refractivity contribution in [2.24, 2.45) is 11.8 Å². The van der Waals surface area contributed by atoms with Crippen molar-refractivity contribution in [2.75, 3.05) is 4.90 Å². The number of nitro benzene ring substituents is 1. The highest BCUT2D eigenvalue weighted by molar-refractivity contribution is 6.22. The second kappa shape index (κ2) is 8.04. The summed E-state index contributed by atoms with van der Waals surface area (Å²) in [6, 6.07) is 25.5. The first-order valence-corrected chi connectivity index (χ1v) is 10.8. The molecule has 1 aliphatic heterocycles. The third-order valence-electron chi connectivity index (χ3n) is 6.83. The van der Waals surface area contributed by atoms with E-state index in [4.69, 9.17) is 0 Å². The van der Waals surface area contributed by atoms with Crippen molar-refractivity contribution in [3.63, 3.8) is 0 Å². The minimum Gasteiger partial charge on any atom is -0.274 e. The van der Waals surface area contributed by atoms with Gasteiger partial charge in [0.05, 0.1) is 22.4 Å². The van der Waals surface area contributed by atoms with Crippen LogP contribution in [0.2, 0.25) is 0 Å². The molecule has 1 heterocycles. The van der Waals surface area contributed by atoms with Crippen LogP contribution in [0.25, 0.3) is 0 Å². The molecule has 6 heteroatoms. The second-order valence-electron chi connectivity index (χ2n) is 8.45. The van der Waals surface area contributed by atoms with E-state index < -0.39 is 16.8 Å². The SMILES string of the molecule is O=C1[C@@H]2[C@@H](C(=O)N1c1ccc([N+](=O)[O-])cc1)[C@@H](c1ccccc1)CC[C@@H]2c1ccccc1. The summed E-state index contributed by atoms with van der Waals surface area (Å²) < 4.78 is 0. The molecular formula is C26H22N2O4. The maximum atomic E-state index is 13.7. The smallest absolute Gasteiger partial charge is 0.269 e. The van der Waals surface area contributed by atoms with Crippen molar-refractivity contribution in [3.05, 3.63) is 106 Å². The van der Waals surface area contributed by atoms with Crippen LogP contribution in [0.15, 0.2) is 84.9 Å². The molecule has 3 aromatic rings. The topological polar surface area (TPSA) is 80.5 Å². The Morgan fingerprint density at radius 1 is 0.688 bits per heavy atom. The zero-order chi connectivity index (χ0) is 22.2. The van der Waals surface area contributed by atoms with E-state index in [1.165, 1.54) is 29.2 Å². The van der Waals surface area contributed by atoms with Gasteiger partial charge in [-0.05, 0) is 47.9 Å². The predicted octanol–water partition coefficient (Wildman–Crippen LogP) is 5.06. The third-order valence-corrected chi connectivity index (χ3v) is 6.83. The molecule has 4 atom stereocenters. The van der Waals surface area contributed by atoms with Crippen LogP contribution in [0.3, 0.4) is 0 Å². The Morgan fingerprint density at radius 2 is 1.12 bits per heavy atom. The number of hydrogen-bond acceptors (Lipinski definition) is 4. The van der Waals surface area contributed by atoms with Crippen LogP contribution in [-0.2, 0) is 9.59 Å². The number of nitro groups is 1. The summed E-state index contributed by atoms with van der Waals surface area (Å²) in [5.41, 5.74) is 2.45. The van der Waals surface area contributed by atoms with Crippen molar-refractivity contribution in [1.82, 2.24) is 0 Å². The zero-order valence-corrected chi connectivity index (χ0v) is 17.3. The van der Waals surface area contributed by atoms with Gasteiger partial charge in [0.1, 0.15) is 0 Å². The van der Waals surface area contributed by atoms with Crippen LogP contribution in [0.1, 0.15) is 35.8 Å². The highest BCUT2D eigenvalue weighted by Crippen LogP contribution is 2.53. The summed E-state index contributed by atoms with van der Waals surface area (Å²) in [6.07, 6.45) is 1.63. The molecule has 2 fully saturated rings. The van der Waals surface area contributed by atoms with E-state index in [9.17, 15) is 19.7 Å². The largest absolute Gasteiger partial charge is 0.274 e. The second-order valence-corrected chi connectivity index (χ2v) is 8.45. The van der Waals surface area contributed by atoms with Gasteiger partial charge >= 0.3 is 0 Å². The number of amides is 2. The van der Waals surface area contributed by atoms with Gasteiger partial charge in [0, 0.05) is 12.1 Å². The van der Waals surface area contributed by atoms with E-state index in [2.05, 4.69) is 0 Å². The van der Waals surface area contributed by atoms with Crippen LogP contribution in [0, 0.1) is 22.0 Å². The number of anilines is 1. The monoisotopic (exact) mass is 426 g/mol. The van der Waals surface area contributed by atoms with Crippen molar-refractivity contribution < 1.29 is 14.5 Å². The molecule has 1 aliphatic carbocycles. The molecule has 2 amide bonds. The molecule has 6 nitrogen and oxygen atoms in total. The highest BCUT2D eigenvalue weighted by Gasteiger charge is 2.56. The maximum absolute atomic E-state index is 13.7. The fraction of sp³-hybridized carbons (Fsp3) is 0.231. The zero-order valence-electron chi connectivity index (χ0n) is 17.3. The highest BCUT2D eigenvalue weighted by atomic mass is 16.6. The molecule has 3 aromatic carbocycles. The number of rotatable bonds is 4.